The van der Waals surface area contributed by atoms with Gasteiger partial charge in [0.25, 0.3) is 5.56 Å². The Bertz CT molecular complexity index is 444. The van der Waals surface area contributed by atoms with Crippen molar-refractivity contribution < 1.29 is 0 Å². The molecule has 0 fully saturated rings. The Morgan fingerprint density at radius 3 is 2.92 bits per heavy atom. The second-order valence-corrected chi connectivity index (χ2v) is 3.18. The van der Waals surface area contributed by atoms with Crippen LogP contribution in [0, 0.1) is 0 Å². The summed E-state index contributed by atoms with van der Waals surface area (Å²) in [5.41, 5.74) is 0.137. The maximum Gasteiger partial charge on any atom is 0.329 e. The van der Waals surface area contributed by atoms with Crippen LogP contribution in [0.4, 0.5) is 5.82 Å². The molecule has 13 heavy (non-hydrogen) atoms. The van der Waals surface area contributed by atoms with Gasteiger partial charge in [-0.05, 0) is 12.8 Å². The van der Waals surface area contributed by atoms with E-state index in [0.717, 1.165) is 24.0 Å². The second-order valence-electron chi connectivity index (χ2n) is 3.18. The Morgan fingerprint density at radius 1 is 1.38 bits per heavy atom. The van der Waals surface area contributed by atoms with E-state index in [4.69, 9.17) is 0 Å². The van der Waals surface area contributed by atoms with Crippen LogP contribution in [0.25, 0.3) is 0 Å². The van der Waals surface area contributed by atoms with Gasteiger partial charge in [0, 0.05) is 13.6 Å². The molecular formula is C8H11N3O2. The number of aromatic nitrogens is 2. The van der Waals surface area contributed by atoms with Crippen LogP contribution in [0.2, 0.25) is 0 Å². The van der Waals surface area contributed by atoms with E-state index in [9.17, 15) is 9.59 Å². The highest BCUT2D eigenvalue weighted by atomic mass is 16.2. The summed E-state index contributed by atoms with van der Waals surface area (Å²) in [4.78, 5) is 25.3. The zero-order chi connectivity index (χ0) is 9.42. The fourth-order valence-electron chi connectivity index (χ4n) is 1.53. The van der Waals surface area contributed by atoms with E-state index >= 15 is 0 Å². The highest BCUT2D eigenvalue weighted by Crippen LogP contribution is 2.12. The summed E-state index contributed by atoms with van der Waals surface area (Å²) >= 11 is 0. The van der Waals surface area contributed by atoms with E-state index < -0.39 is 0 Å². The maximum absolute atomic E-state index is 11.5. The van der Waals surface area contributed by atoms with Gasteiger partial charge in [0.05, 0.1) is 5.56 Å². The third-order valence-corrected chi connectivity index (χ3v) is 2.31. The Kier molecular flexibility index (Phi) is 1.72. The number of H-pyrrole nitrogens is 1. The van der Waals surface area contributed by atoms with Crippen LogP contribution < -0.4 is 16.6 Å². The van der Waals surface area contributed by atoms with E-state index in [1.54, 1.807) is 0 Å². The molecule has 5 nitrogen and oxygen atoms in total. The van der Waals surface area contributed by atoms with E-state index in [2.05, 4.69) is 10.3 Å². The summed E-state index contributed by atoms with van der Waals surface area (Å²) in [7, 11) is 1.48. The van der Waals surface area contributed by atoms with Gasteiger partial charge >= 0.3 is 5.69 Å². The molecule has 5 heteroatoms. The number of aromatic amines is 1. The van der Waals surface area contributed by atoms with Crippen LogP contribution in [-0.4, -0.2) is 16.1 Å². The molecule has 1 aromatic heterocycles. The van der Waals surface area contributed by atoms with Crippen molar-refractivity contribution in [2.75, 3.05) is 11.9 Å². The molecule has 0 spiro atoms. The highest BCUT2D eigenvalue weighted by Gasteiger charge is 2.14. The summed E-state index contributed by atoms with van der Waals surface area (Å²) < 4.78 is 1.10. The molecule has 1 aromatic rings. The Morgan fingerprint density at radius 2 is 2.15 bits per heavy atom. The molecule has 0 aliphatic carbocycles. The zero-order valence-electron chi connectivity index (χ0n) is 7.39. The Hall–Kier alpha value is -1.52. The van der Waals surface area contributed by atoms with Gasteiger partial charge in [0.15, 0.2) is 0 Å². The molecule has 0 saturated heterocycles. The minimum atomic E-state index is -0.363. The standard InChI is InChI=1S/C8H11N3O2/c1-11-7(12)5-3-2-4-9-6(5)10-8(11)13/h9H,2-4H2,1H3,(H,10,13). The lowest BCUT2D eigenvalue weighted by atomic mass is 10.1. The van der Waals surface area contributed by atoms with Crippen LogP contribution in [0.3, 0.4) is 0 Å². The van der Waals surface area contributed by atoms with Gasteiger partial charge in [-0.15, -0.1) is 0 Å². The molecule has 2 N–H and O–H groups in total. The minimum Gasteiger partial charge on any atom is -0.371 e. The van der Waals surface area contributed by atoms with Crippen molar-refractivity contribution in [2.24, 2.45) is 7.05 Å². The van der Waals surface area contributed by atoms with Gasteiger partial charge < -0.3 is 5.32 Å². The number of nitrogens with one attached hydrogen (secondary N) is 2. The van der Waals surface area contributed by atoms with Gasteiger partial charge in [-0.3, -0.25) is 14.3 Å². The van der Waals surface area contributed by atoms with Gasteiger partial charge in [-0.2, -0.15) is 0 Å². The largest absolute Gasteiger partial charge is 0.371 e. The van der Waals surface area contributed by atoms with Crippen molar-refractivity contribution in [1.82, 2.24) is 9.55 Å². The summed E-state index contributed by atoms with van der Waals surface area (Å²) in [5, 5.41) is 3.00. The van der Waals surface area contributed by atoms with Crippen molar-refractivity contribution >= 4 is 5.82 Å². The minimum absolute atomic E-state index is 0.189. The molecule has 0 unspecified atom stereocenters. The SMILES string of the molecule is Cn1c(=O)[nH]c2c(c1=O)CCCN2. The van der Waals surface area contributed by atoms with Gasteiger partial charge in [-0.25, -0.2) is 4.79 Å². The molecule has 0 amide bonds. The van der Waals surface area contributed by atoms with Crippen molar-refractivity contribution in [2.45, 2.75) is 12.8 Å². The number of nitrogens with zero attached hydrogens (tertiary/aromatic N) is 1. The van der Waals surface area contributed by atoms with Crippen molar-refractivity contribution in [3.63, 3.8) is 0 Å². The highest BCUT2D eigenvalue weighted by molar-refractivity contribution is 5.44. The molecule has 0 aromatic carbocycles. The molecule has 70 valence electrons. The van der Waals surface area contributed by atoms with Gasteiger partial charge in [-0.1, -0.05) is 0 Å². The molecule has 1 aliphatic heterocycles. The molecule has 0 saturated carbocycles. The van der Waals surface area contributed by atoms with E-state index in [0.29, 0.717) is 11.4 Å². The molecular weight excluding hydrogens is 170 g/mol. The average molecular weight is 181 g/mol. The predicted octanol–water partition coefficient (Wildman–Crippen LogP) is -0.568. The van der Waals surface area contributed by atoms with E-state index in [1.165, 1.54) is 7.05 Å². The second kappa shape index (κ2) is 2.76. The van der Waals surface area contributed by atoms with Crippen molar-refractivity contribution in [3.8, 4) is 0 Å². The summed E-state index contributed by atoms with van der Waals surface area (Å²) in [6, 6.07) is 0. The zero-order valence-corrected chi connectivity index (χ0v) is 7.39. The van der Waals surface area contributed by atoms with Crippen LogP contribution >= 0.6 is 0 Å². The van der Waals surface area contributed by atoms with Crippen LogP contribution in [-0.2, 0) is 13.5 Å². The molecule has 2 heterocycles. The number of anilines is 1. The lowest BCUT2D eigenvalue weighted by molar-refractivity contribution is 0.717. The molecule has 0 bridgehead atoms. The first-order valence-electron chi connectivity index (χ1n) is 4.26. The smallest absolute Gasteiger partial charge is 0.329 e. The summed E-state index contributed by atoms with van der Waals surface area (Å²) in [6.45, 7) is 0.816. The molecule has 0 radical (unpaired) electrons. The van der Waals surface area contributed by atoms with Crippen LogP contribution in [0.1, 0.15) is 12.0 Å². The van der Waals surface area contributed by atoms with Crippen molar-refractivity contribution in [3.05, 3.63) is 26.4 Å². The van der Waals surface area contributed by atoms with Gasteiger partial charge in [0.1, 0.15) is 5.82 Å². The monoisotopic (exact) mass is 181 g/mol. The quantitative estimate of drug-likeness (QED) is 0.563. The Labute approximate surface area is 74.4 Å². The maximum atomic E-state index is 11.5. The third kappa shape index (κ3) is 1.16. The van der Waals surface area contributed by atoms with Gasteiger partial charge in [0.2, 0.25) is 0 Å². The lowest BCUT2D eigenvalue weighted by Gasteiger charge is -2.16. The first-order chi connectivity index (χ1) is 6.20. The normalized spacial score (nSPS) is 14.8. The lowest BCUT2D eigenvalue weighted by Crippen LogP contribution is -2.37. The summed E-state index contributed by atoms with van der Waals surface area (Å²) in [6.07, 6.45) is 1.68. The third-order valence-electron chi connectivity index (χ3n) is 2.31. The van der Waals surface area contributed by atoms with Crippen molar-refractivity contribution in [1.29, 1.82) is 0 Å². The number of rotatable bonds is 0. The van der Waals surface area contributed by atoms with E-state index in [-0.39, 0.29) is 11.2 Å². The molecule has 1 aliphatic rings. The molecule has 0 atom stereocenters. The summed E-state index contributed by atoms with van der Waals surface area (Å²) in [5.74, 6) is 0.597. The average Bonchev–Trinajstić information content (AvgIpc) is 2.15. The van der Waals surface area contributed by atoms with E-state index in [1.807, 2.05) is 0 Å². The molecule has 2 rings (SSSR count). The number of hydrogen-bond donors (Lipinski definition) is 2. The first kappa shape index (κ1) is 8.10. The topological polar surface area (TPSA) is 66.9 Å². The number of fused-ring (bicyclic) bond motifs is 1. The predicted molar refractivity (Wildman–Crippen MR) is 49.1 cm³/mol. The fraction of sp³-hybridized carbons (Fsp3) is 0.500. The number of hydrogen-bond acceptors (Lipinski definition) is 3. The van der Waals surface area contributed by atoms with Crippen LogP contribution in [0.5, 0.6) is 0 Å². The first-order valence-corrected chi connectivity index (χ1v) is 4.26. The fourth-order valence-corrected chi connectivity index (χ4v) is 1.53. The van der Waals surface area contributed by atoms with Crippen LogP contribution in [0.15, 0.2) is 9.59 Å². The Balaban J connectivity index is 2.75.